The summed E-state index contributed by atoms with van der Waals surface area (Å²) in [6.07, 6.45) is 1.88. The van der Waals surface area contributed by atoms with E-state index in [1.165, 1.54) is 6.33 Å². The van der Waals surface area contributed by atoms with Gasteiger partial charge in [0.2, 0.25) is 0 Å². The molecule has 2 unspecified atom stereocenters. The fraction of sp³-hybridized carbons (Fsp3) is 0.412. The highest BCUT2D eigenvalue weighted by Gasteiger charge is 2.35. The summed E-state index contributed by atoms with van der Waals surface area (Å²) in [6, 6.07) is 7.48. The summed E-state index contributed by atoms with van der Waals surface area (Å²) in [5.74, 6) is 0.583. The number of aryl methyl sites for hydroxylation is 1. The Morgan fingerprint density at radius 2 is 2.22 bits per heavy atom. The molecule has 0 amide bonds. The van der Waals surface area contributed by atoms with Crippen LogP contribution in [0, 0.1) is 5.82 Å². The number of ether oxygens (including phenoxy) is 1. The van der Waals surface area contributed by atoms with Crippen LogP contribution in [0.15, 0.2) is 30.6 Å². The average molecular weight is 317 g/mol. The summed E-state index contributed by atoms with van der Waals surface area (Å²) in [5, 5.41) is 10.1. The predicted octanol–water partition coefficient (Wildman–Crippen LogP) is 2.50. The van der Waals surface area contributed by atoms with E-state index in [0.717, 1.165) is 11.3 Å². The molecule has 1 aromatic heterocycles. The van der Waals surface area contributed by atoms with Crippen LogP contribution >= 0.6 is 0 Å². The maximum absolute atomic E-state index is 14.6. The van der Waals surface area contributed by atoms with Gasteiger partial charge in [-0.05, 0) is 30.5 Å². The van der Waals surface area contributed by atoms with Crippen molar-refractivity contribution in [3.63, 3.8) is 0 Å². The minimum absolute atomic E-state index is 0.144. The second kappa shape index (κ2) is 6.50. The predicted molar refractivity (Wildman–Crippen MR) is 85.1 cm³/mol. The number of aliphatic hydroxyl groups is 1. The SMILES string of the molecule is CCc1ncnc(N2CC(O)CC2c2cccc(OC)c2)c1F. The maximum Gasteiger partial charge on any atom is 0.187 e. The lowest BCUT2D eigenvalue weighted by atomic mass is 10.0. The van der Waals surface area contributed by atoms with E-state index in [4.69, 9.17) is 4.74 Å². The molecule has 3 rings (SSSR count). The first kappa shape index (κ1) is 15.7. The summed E-state index contributed by atoms with van der Waals surface area (Å²) in [7, 11) is 1.61. The normalized spacial score (nSPS) is 20.8. The smallest absolute Gasteiger partial charge is 0.187 e. The number of aromatic nitrogens is 2. The van der Waals surface area contributed by atoms with Crippen LogP contribution in [0.4, 0.5) is 10.2 Å². The first-order valence-electron chi connectivity index (χ1n) is 7.72. The number of hydrogen-bond acceptors (Lipinski definition) is 5. The van der Waals surface area contributed by atoms with Gasteiger partial charge in [-0.25, -0.2) is 14.4 Å². The number of benzene rings is 1. The minimum Gasteiger partial charge on any atom is -0.497 e. The van der Waals surface area contributed by atoms with Crippen LogP contribution in [0.2, 0.25) is 0 Å². The Morgan fingerprint density at radius 1 is 1.39 bits per heavy atom. The van der Waals surface area contributed by atoms with Gasteiger partial charge in [-0.2, -0.15) is 0 Å². The Hall–Kier alpha value is -2.21. The second-order valence-electron chi connectivity index (χ2n) is 5.65. The van der Waals surface area contributed by atoms with Crippen molar-refractivity contribution < 1.29 is 14.2 Å². The van der Waals surface area contributed by atoms with Gasteiger partial charge in [-0.3, -0.25) is 0 Å². The summed E-state index contributed by atoms with van der Waals surface area (Å²) >= 11 is 0. The van der Waals surface area contributed by atoms with Gasteiger partial charge in [0.1, 0.15) is 12.1 Å². The zero-order chi connectivity index (χ0) is 16.4. The van der Waals surface area contributed by atoms with E-state index in [0.29, 0.717) is 25.1 Å². The number of methoxy groups -OCH3 is 1. The van der Waals surface area contributed by atoms with Crippen LogP contribution in [0.5, 0.6) is 5.75 Å². The molecule has 0 radical (unpaired) electrons. The van der Waals surface area contributed by atoms with Gasteiger partial charge in [-0.1, -0.05) is 19.1 Å². The third kappa shape index (κ3) is 2.99. The highest BCUT2D eigenvalue weighted by molar-refractivity contribution is 5.47. The molecular weight excluding hydrogens is 297 g/mol. The number of aliphatic hydroxyl groups excluding tert-OH is 1. The average Bonchev–Trinajstić information content (AvgIpc) is 2.97. The number of β-amino-alcohol motifs (C(OH)–C–C–N with tert-alkyl or cyclic N) is 1. The molecule has 1 aromatic carbocycles. The molecule has 2 heterocycles. The van der Waals surface area contributed by atoms with Crippen molar-refractivity contribution in [2.75, 3.05) is 18.6 Å². The summed E-state index contributed by atoms with van der Waals surface area (Å²) < 4.78 is 19.9. The largest absolute Gasteiger partial charge is 0.497 e. The van der Waals surface area contributed by atoms with Gasteiger partial charge in [0.15, 0.2) is 11.6 Å². The molecule has 1 N–H and O–H groups in total. The Morgan fingerprint density at radius 3 is 2.96 bits per heavy atom. The molecule has 0 aliphatic carbocycles. The molecule has 1 aliphatic heterocycles. The van der Waals surface area contributed by atoms with Crippen molar-refractivity contribution in [2.45, 2.75) is 31.9 Å². The van der Waals surface area contributed by atoms with Crippen LogP contribution in [-0.2, 0) is 6.42 Å². The molecule has 0 bridgehead atoms. The van der Waals surface area contributed by atoms with E-state index in [1.54, 1.807) is 7.11 Å². The zero-order valence-electron chi connectivity index (χ0n) is 13.2. The fourth-order valence-corrected chi connectivity index (χ4v) is 3.06. The van der Waals surface area contributed by atoms with Crippen LogP contribution in [0.1, 0.15) is 30.6 Å². The first-order chi connectivity index (χ1) is 11.1. The quantitative estimate of drug-likeness (QED) is 0.939. The van der Waals surface area contributed by atoms with Gasteiger partial charge in [0.05, 0.1) is 24.9 Å². The molecule has 1 aliphatic rings. The minimum atomic E-state index is -0.523. The lowest BCUT2D eigenvalue weighted by Crippen LogP contribution is -2.27. The van der Waals surface area contributed by atoms with Gasteiger partial charge in [-0.15, -0.1) is 0 Å². The molecule has 23 heavy (non-hydrogen) atoms. The molecule has 1 fully saturated rings. The Labute approximate surface area is 134 Å². The summed E-state index contributed by atoms with van der Waals surface area (Å²) in [6.45, 7) is 2.20. The molecular formula is C17H20FN3O2. The van der Waals surface area contributed by atoms with E-state index >= 15 is 0 Å². The summed E-state index contributed by atoms with van der Waals surface area (Å²) in [4.78, 5) is 9.91. The molecule has 122 valence electrons. The highest BCUT2D eigenvalue weighted by Crippen LogP contribution is 2.37. The third-order valence-corrected chi connectivity index (χ3v) is 4.21. The summed E-state index contributed by atoms with van der Waals surface area (Å²) in [5.41, 5.74) is 1.36. The Balaban J connectivity index is 2.00. The first-order valence-corrected chi connectivity index (χ1v) is 7.72. The van der Waals surface area contributed by atoms with E-state index in [9.17, 15) is 9.50 Å². The lowest BCUT2D eigenvalue weighted by Gasteiger charge is -2.26. The van der Waals surface area contributed by atoms with Crippen LogP contribution in [0.3, 0.4) is 0 Å². The number of nitrogens with zero attached hydrogens (tertiary/aromatic N) is 3. The monoisotopic (exact) mass is 317 g/mol. The molecule has 0 saturated carbocycles. The standard InChI is InChI=1S/C17H20FN3O2/c1-3-14-16(18)17(20-10-19-14)21-9-12(22)8-15(21)11-5-4-6-13(7-11)23-2/h4-7,10,12,15,22H,3,8-9H2,1-2H3. The van der Waals surface area contributed by atoms with Gasteiger partial charge in [0.25, 0.3) is 0 Å². The van der Waals surface area contributed by atoms with Crippen LogP contribution < -0.4 is 9.64 Å². The van der Waals surface area contributed by atoms with E-state index in [2.05, 4.69) is 9.97 Å². The van der Waals surface area contributed by atoms with Crippen molar-refractivity contribution in [3.05, 3.63) is 47.7 Å². The van der Waals surface area contributed by atoms with Crippen molar-refractivity contribution in [2.24, 2.45) is 0 Å². The van der Waals surface area contributed by atoms with Gasteiger partial charge in [0, 0.05) is 6.54 Å². The lowest BCUT2D eigenvalue weighted by molar-refractivity contribution is 0.194. The number of hydrogen-bond donors (Lipinski definition) is 1. The van der Waals surface area contributed by atoms with Crippen LogP contribution in [-0.4, -0.2) is 34.8 Å². The van der Waals surface area contributed by atoms with Gasteiger partial charge >= 0.3 is 0 Å². The number of anilines is 1. The number of halogens is 1. The maximum atomic E-state index is 14.6. The molecule has 6 heteroatoms. The topological polar surface area (TPSA) is 58.5 Å². The molecule has 2 aromatic rings. The fourth-order valence-electron chi connectivity index (χ4n) is 3.06. The Bertz CT molecular complexity index is 695. The number of rotatable bonds is 4. The molecule has 1 saturated heterocycles. The van der Waals surface area contributed by atoms with Crippen LogP contribution in [0.25, 0.3) is 0 Å². The van der Waals surface area contributed by atoms with Gasteiger partial charge < -0.3 is 14.7 Å². The van der Waals surface area contributed by atoms with E-state index in [-0.39, 0.29) is 11.9 Å². The van der Waals surface area contributed by atoms with Crippen molar-refractivity contribution in [3.8, 4) is 5.75 Å². The molecule has 0 spiro atoms. The second-order valence-corrected chi connectivity index (χ2v) is 5.65. The zero-order valence-corrected chi connectivity index (χ0v) is 13.2. The van der Waals surface area contributed by atoms with Crippen molar-refractivity contribution in [1.82, 2.24) is 9.97 Å². The van der Waals surface area contributed by atoms with Crippen molar-refractivity contribution in [1.29, 1.82) is 0 Å². The Kier molecular flexibility index (Phi) is 4.43. The molecule has 5 nitrogen and oxygen atoms in total. The van der Waals surface area contributed by atoms with E-state index in [1.807, 2.05) is 36.1 Å². The molecule has 2 atom stereocenters. The highest BCUT2D eigenvalue weighted by atomic mass is 19.1. The van der Waals surface area contributed by atoms with Crippen molar-refractivity contribution >= 4 is 5.82 Å². The van der Waals surface area contributed by atoms with E-state index < -0.39 is 11.9 Å². The third-order valence-electron chi connectivity index (χ3n) is 4.21.